The number of aromatic amines is 2. The van der Waals surface area contributed by atoms with E-state index in [1.807, 2.05) is 25.3 Å². The molecule has 0 aliphatic carbocycles. The maximum Gasteiger partial charge on any atom is 0.225 e. The van der Waals surface area contributed by atoms with Gasteiger partial charge in [-0.05, 0) is 31.4 Å². The summed E-state index contributed by atoms with van der Waals surface area (Å²) in [6.45, 7) is 1.91. The highest BCUT2D eigenvalue weighted by molar-refractivity contribution is 5.90. The van der Waals surface area contributed by atoms with Crippen molar-refractivity contribution in [1.29, 1.82) is 0 Å². The van der Waals surface area contributed by atoms with Crippen LogP contribution in [0.3, 0.4) is 0 Å². The van der Waals surface area contributed by atoms with E-state index in [0.29, 0.717) is 12.2 Å². The van der Waals surface area contributed by atoms with E-state index in [1.54, 1.807) is 6.20 Å². The van der Waals surface area contributed by atoms with Gasteiger partial charge in [0.25, 0.3) is 0 Å². The third kappa shape index (κ3) is 2.97. The van der Waals surface area contributed by atoms with Crippen LogP contribution in [0.25, 0.3) is 10.9 Å². The zero-order valence-electron chi connectivity index (χ0n) is 11.9. The van der Waals surface area contributed by atoms with E-state index in [1.165, 1.54) is 10.9 Å². The van der Waals surface area contributed by atoms with Crippen molar-refractivity contribution in [3.63, 3.8) is 0 Å². The van der Waals surface area contributed by atoms with E-state index in [4.69, 9.17) is 0 Å². The molecule has 0 saturated carbocycles. The van der Waals surface area contributed by atoms with E-state index in [2.05, 4.69) is 32.6 Å². The average molecular weight is 282 g/mol. The highest BCUT2D eigenvalue weighted by atomic mass is 16.1. The molecule has 3 N–H and O–H groups in total. The zero-order valence-corrected chi connectivity index (χ0v) is 11.9. The molecule has 2 heterocycles. The lowest BCUT2D eigenvalue weighted by Crippen LogP contribution is -2.12. The van der Waals surface area contributed by atoms with Crippen LogP contribution < -0.4 is 5.32 Å². The molecule has 3 rings (SSSR count). The Kier molecular flexibility index (Phi) is 3.73. The van der Waals surface area contributed by atoms with Crippen molar-refractivity contribution in [1.82, 2.24) is 15.2 Å². The molecule has 0 aliphatic heterocycles. The fourth-order valence-electron chi connectivity index (χ4n) is 2.45. The number of hydrogen-bond donors (Lipinski definition) is 3. The average Bonchev–Trinajstić information content (AvgIpc) is 3.07. The molecular formula is C16H18N4O. The number of para-hydroxylation sites is 1. The van der Waals surface area contributed by atoms with Crippen LogP contribution in [0.15, 0.2) is 36.7 Å². The maximum atomic E-state index is 11.9. The third-order valence-corrected chi connectivity index (χ3v) is 3.62. The Hall–Kier alpha value is -2.56. The second-order valence-corrected chi connectivity index (χ2v) is 5.19. The summed E-state index contributed by atoms with van der Waals surface area (Å²) in [6, 6.07) is 8.22. The zero-order chi connectivity index (χ0) is 14.7. The molecule has 3 aromatic rings. The molecule has 0 spiro atoms. The van der Waals surface area contributed by atoms with Crippen LogP contribution in [0.5, 0.6) is 0 Å². The first-order chi connectivity index (χ1) is 10.2. The van der Waals surface area contributed by atoms with Gasteiger partial charge in [-0.3, -0.25) is 9.89 Å². The monoisotopic (exact) mass is 282 g/mol. The summed E-state index contributed by atoms with van der Waals surface area (Å²) < 4.78 is 0. The van der Waals surface area contributed by atoms with E-state index in [0.717, 1.165) is 23.9 Å². The number of benzene rings is 1. The van der Waals surface area contributed by atoms with E-state index in [9.17, 15) is 4.79 Å². The summed E-state index contributed by atoms with van der Waals surface area (Å²) in [7, 11) is 0. The van der Waals surface area contributed by atoms with Gasteiger partial charge in [-0.1, -0.05) is 18.2 Å². The predicted octanol–water partition coefficient (Wildman–Crippen LogP) is 3.16. The number of H-pyrrole nitrogens is 2. The molecule has 0 radical (unpaired) electrons. The minimum Gasteiger partial charge on any atom is -0.361 e. The number of hydrogen-bond acceptors (Lipinski definition) is 2. The van der Waals surface area contributed by atoms with Crippen molar-refractivity contribution in [3.05, 3.63) is 47.8 Å². The van der Waals surface area contributed by atoms with Crippen LogP contribution in [0.1, 0.15) is 24.0 Å². The highest BCUT2D eigenvalue weighted by Gasteiger charge is 2.07. The molecule has 2 aromatic heterocycles. The number of aryl methyl sites for hydroxylation is 2. The fourth-order valence-corrected chi connectivity index (χ4v) is 2.45. The number of fused-ring (bicyclic) bond motifs is 1. The van der Waals surface area contributed by atoms with Gasteiger partial charge >= 0.3 is 0 Å². The maximum absolute atomic E-state index is 11.9. The van der Waals surface area contributed by atoms with Crippen molar-refractivity contribution >= 4 is 22.6 Å². The van der Waals surface area contributed by atoms with Gasteiger partial charge in [-0.2, -0.15) is 5.10 Å². The van der Waals surface area contributed by atoms with Crippen LogP contribution in [0.4, 0.5) is 5.82 Å². The number of anilines is 1. The molecule has 0 unspecified atom stereocenters. The van der Waals surface area contributed by atoms with Gasteiger partial charge in [-0.25, -0.2) is 0 Å². The lowest BCUT2D eigenvalue weighted by atomic mass is 10.1. The van der Waals surface area contributed by atoms with Crippen molar-refractivity contribution < 1.29 is 4.79 Å². The number of amides is 1. The quantitative estimate of drug-likeness (QED) is 0.672. The second-order valence-electron chi connectivity index (χ2n) is 5.19. The van der Waals surface area contributed by atoms with Crippen LogP contribution >= 0.6 is 0 Å². The lowest BCUT2D eigenvalue weighted by molar-refractivity contribution is -0.116. The Labute approximate surface area is 122 Å². The number of carbonyl (C=O) groups excluding carboxylic acids is 1. The normalized spacial score (nSPS) is 10.9. The van der Waals surface area contributed by atoms with Crippen LogP contribution in [0.2, 0.25) is 0 Å². The lowest BCUT2D eigenvalue weighted by Gasteiger charge is -2.03. The van der Waals surface area contributed by atoms with Gasteiger partial charge in [0.15, 0.2) is 0 Å². The molecule has 5 nitrogen and oxygen atoms in total. The molecule has 21 heavy (non-hydrogen) atoms. The standard InChI is InChI=1S/C16H18N4O/c1-11-9-18-20-16(11)19-15(21)8-4-5-12-10-17-14-7-3-2-6-13(12)14/h2-3,6-7,9-10,17H,4-5,8H2,1H3,(H2,18,19,20,21). The Morgan fingerprint density at radius 3 is 3.00 bits per heavy atom. The molecular weight excluding hydrogens is 264 g/mol. The first-order valence-electron chi connectivity index (χ1n) is 7.09. The van der Waals surface area contributed by atoms with Gasteiger partial charge in [0.1, 0.15) is 5.82 Å². The molecule has 0 fully saturated rings. The van der Waals surface area contributed by atoms with Crippen molar-refractivity contribution in [2.24, 2.45) is 0 Å². The molecule has 0 bridgehead atoms. The number of carbonyl (C=O) groups is 1. The van der Waals surface area contributed by atoms with E-state index in [-0.39, 0.29) is 5.91 Å². The highest BCUT2D eigenvalue weighted by Crippen LogP contribution is 2.19. The van der Waals surface area contributed by atoms with Gasteiger partial charge in [0.2, 0.25) is 5.91 Å². The molecule has 0 saturated heterocycles. The van der Waals surface area contributed by atoms with Crippen molar-refractivity contribution in [2.75, 3.05) is 5.32 Å². The SMILES string of the molecule is Cc1cn[nH]c1NC(=O)CCCc1c[nH]c2ccccc12. The number of nitrogens with one attached hydrogen (secondary N) is 3. The van der Waals surface area contributed by atoms with Crippen LogP contribution in [-0.2, 0) is 11.2 Å². The summed E-state index contributed by atoms with van der Waals surface area (Å²) in [6.07, 6.45) is 5.93. The first kappa shape index (κ1) is 13.4. The number of nitrogens with zero attached hydrogens (tertiary/aromatic N) is 1. The van der Waals surface area contributed by atoms with Crippen LogP contribution in [-0.4, -0.2) is 21.1 Å². The smallest absolute Gasteiger partial charge is 0.225 e. The minimum absolute atomic E-state index is 0.0159. The molecule has 1 aromatic carbocycles. The Balaban J connectivity index is 1.54. The largest absolute Gasteiger partial charge is 0.361 e. The Bertz CT molecular complexity index is 756. The molecule has 108 valence electrons. The topological polar surface area (TPSA) is 73.6 Å². The van der Waals surface area contributed by atoms with Crippen molar-refractivity contribution in [2.45, 2.75) is 26.2 Å². The first-order valence-corrected chi connectivity index (χ1v) is 7.09. The summed E-state index contributed by atoms with van der Waals surface area (Å²) >= 11 is 0. The van der Waals surface area contributed by atoms with Crippen molar-refractivity contribution in [3.8, 4) is 0 Å². The second kappa shape index (κ2) is 5.83. The minimum atomic E-state index is 0.0159. The van der Waals surface area contributed by atoms with E-state index < -0.39 is 0 Å². The number of rotatable bonds is 5. The summed E-state index contributed by atoms with van der Waals surface area (Å²) in [5.41, 5.74) is 3.35. The van der Waals surface area contributed by atoms with Crippen LogP contribution in [0, 0.1) is 6.92 Å². The van der Waals surface area contributed by atoms with Gasteiger partial charge in [-0.15, -0.1) is 0 Å². The summed E-state index contributed by atoms with van der Waals surface area (Å²) in [5, 5.41) is 10.7. The number of aromatic nitrogens is 3. The molecule has 5 heteroatoms. The predicted molar refractivity (Wildman–Crippen MR) is 83.2 cm³/mol. The third-order valence-electron chi connectivity index (χ3n) is 3.62. The van der Waals surface area contributed by atoms with E-state index >= 15 is 0 Å². The Morgan fingerprint density at radius 1 is 1.33 bits per heavy atom. The van der Waals surface area contributed by atoms with Gasteiger partial charge in [0, 0.05) is 29.1 Å². The molecule has 1 amide bonds. The summed E-state index contributed by atoms with van der Waals surface area (Å²) in [4.78, 5) is 15.1. The van der Waals surface area contributed by atoms with Gasteiger partial charge in [0.05, 0.1) is 6.20 Å². The summed E-state index contributed by atoms with van der Waals surface area (Å²) in [5.74, 6) is 0.703. The molecule has 0 atom stereocenters. The van der Waals surface area contributed by atoms with Gasteiger partial charge < -0.3 is 10.3 Å². The molecule has 0 aliphatic rings. The Morgan fingerprint density at radius 2 is 2.19 bits per heavy atom. The fraction of sp³-hybridized carbons (Fsp3) is 0.250.